The predicted octanol–water partition coefficient (Wildman–Crippen LogP) is 2.98. The topological polar surface area (TPSA) is 55.5 Å². The molecule has 0 spiro atoms. The van der Waals surface area contributed by atoms with Crippen LogP contribution in [0, 0.1) is 0 Å². The molecule has 0 heterocycles. The molecule has 1 saturated carbocycles. The summed E-state index contributed by atoms with van der Waals surface area (Å²) in [6.45, 7) is 0.788. The van der Waals surface area contributed by atoms with E-state index in [9.17, 15) is 5.11 Å². The van der Waals surface area contributed by atoms with Gasteiger partial charge >= 0.3 is 0 Å². The Morgan fingerprint density at radius 2 is 2.00 bits per heavy atom. The molecule has 2 rings (SSSR count). The molecule has 1 aliphatic carbocycles. The zero-order valence-electron chi connectivity index (χ0n) is 10.5. The Labute approximate surface area is 116 Å². The molecule has 1 aromatic rings. The number of rotatable bonds is 4. The summed E-state index contributed by atoms with van der Waals surface area (Å²) in [5, 5.41) is 10.4. The zero-order valence-corrected chi connectivity index (χ0v) is 12.1. The molecule has 4 heteroatoms. The minimum atomic E-state index is -0.667. The summed E-state index contributed by atoms with van der Waals surface area (Å²) < 4.78 is 6.72. The van der Waals surface area contributed by atoms with Crippen LogP contribution < -0.4 is 10.5 Å². The largest absolute Gasteiger partial charge is 0.489 e. The van der Waals surface area contributed by atoms with Gasteiger partial charge in [0, 0.05) is 12.1 Å². The first-order valence-electron chi connectivity index (χ1n) is 6.47. The molecule has 0 saturated heterocycles. The first kappa shape index (κ1) is 13.8. The number of hydrogen-bond donors (Lipinski definition) is 2. The number of para-hydroxylation sites is 1. The number of aliphatic hydroxyl groups is 1. The summed E-state index contributed by atoms with van der Waals surface area (Å²) in [4.78, 5) is 0. The average molecular weight is 314 g/mol. The van der Waals surface area contributed by atoms with E-state index in [0.717, 1.165) is 41.5 Å². The molecule has 0 amide bonds. The monoisotopic (exact) mass is 313 g/mol. The second kappa shape index (κ2) is 6.04. The maximum atomic E-state index is 10.4. The first-order chi connectivity index (χ1) is 8.64. The van der Waals surface area contributed by atoms with Gasteiger partial charge in [0.25, 0.3) is 0 Å². The van der Waals surface area contributed by atoms with Gasteiger partial charge in [-0.05, 0) is 34.8 Å². The predicted molar refractivity (Wildman–Crippen MR) is 75.6 cm³/mol. The van der Waals surface area contributed by atoms with Gasteiger partial charge in [0.15, 0.2) is 0 Å². The third-order valence-electron chi connectivity index (χ3n) is 3.54. The van der Waals surface area contributed by atoms with Crippen LogP contribution >= 0.6 is 15.9 Å². The lowest BCUT2D eigenvalue weighted by atomic mass is 9.85. The Balaban J connectivity index is 2.05. The zero-order chi connectivity index (χ0) is 13.0. The van der Waals surface area contributed by atoms with E-state index >= 15 is 0 Å². The summed E-state index contributed by atoms with van der Waals surface area (Å²) >= 11 is 3.47. The molecule has 0 atom stereocenters. The van der Waals surface area contributed by atoms with Crippen LogP contribution in [0.5, 0.6) is 5.75 Å². The highest BCUT2D eigenvalue weighted by Gasteiger charge is 2.30. The minimum absolute atomic E-state index is 0.350. The molecule has 3 N–H and O–H groups in total. The third kappa shape index (κ3) is 3.25. The Bertz CT molecular complexity index is 403. The van der Waals surface area contributed by atoms with Crippen molar-refractivity contribution < 1.29 is 9.84 Å². The SMILES string of the molecule is NCc1cccc(Br)c1OCC1(O)CCCCC1. The normalized spacial score (nSPS) is 18.6. The number of nitrogens with two attached hydrogens (primary N) is 1. The molecular weight excluding hydrogens is 294 g/mol. The van der Waals surface area contributed by atoms with Crippen LogP contribution in [0.3, 0.4) is 0 Å². The molecule has 18 heavy (non-hydrogen) atoms. The van der Waals surface area contributed by atoms with Gasteiger partial charge in [0.05, 0.1) is 10.1 Å². The maximum Gasteiger partial charge on any atom is 0.138 e. The van der Waals surface area contributed by atoms with Crippen molar-refractivity contribution in [1.82, 2.24) is 0 Å². The third-order valence-corrected chi connectivity index (χ3v) is 4.16. The Morgan fingerprint density at radius 3 is 2.67 bits per heavy atom. The van der Waals surface area contributed by atoms with Crippen molar-refractivity contribution in [3.05, 3.63) is 28.2 Å². The lowest BCUT2D eigenvalue weighted by Gasteiger charge is -2.32. The van der Waals surface area contributed by atoms with Crippen molar-refractivity contribution in [2.75, 3.05) is 6.61 Å². The van der Waals surface area contributed by atoms with Gasteiger partial charge < -0.3 is 15.6 Å². The van der Waals surface area contributed by atoms with Crippen LogP contribution in [0.1, 0.15) is 37.7 Å². The second-order valence-electron chi connectivity index (χ2n) is 5.01. The molecule has 1 aliphatic rings. The van der Waals surface area contributed by atoms with E-state index in [1.54, 1.807) is 0 Å². The summed E-state index contributed by atoms with van der Waals surface area (Å²) in [6.07, 6.45) is 5.04. The van der Waals surface area contributed by atoms with Gasteiger partial charge in [0.1, 0.15) is 12.4 Å². The van der Waals surface area contributed by atoms with E-state index < -0.39 is 5.60 Å². The Hall–Kier alpha value is -0.580. The average Bonchev–Trinajstić information content (AvgIpc) is 2.38. The molecule has 0 radical (unpaired) electrons. The van der Waals surface area contributed by atoms with Crippen molar-refractivity contribution in [2.24, 2.45) is 5.73 Å². The van der Waals surface area contributed by atoms with Crippen LogP contribution in [-0.2, 0) is 6.54 Å². The smallest absolute Gasteiger partial charge is 0.138 e. The molecule has 0 unspecified atom stereocenters. The summed E-state index contributed by atoms with van der Waals surface area (Å²) in [5.41, 5.74) is 5.99. The quantitative estimate of drug-likeness (QED) is 0.898. The second-order valence-corrected chi connectivity index (χ2v) is 5.86. The summed E-state index contributed by atoms with van der Waals surface area (Å²) in [6, 6.07) is 5.82. The van der Waals surface area contributed by atoms with Crippen molar-refractivity contribution in [3.63, 3.8) is 0 Å². The molecule has 100 valence electrons. The van der Waals surface area contributed by atoms with Crippen LogP contribution in [0.25, 0.3) is 0 Å². The molecule has 3 nitrogen and oxygen atoms in total. The standard InChI is InChI=1S/C14H20BrNO2/c15-12-6-4-5-11(9-16)13(12)18-10-14(17)7-2-1-3-8-14/h4-6,17H,1-3,7-10,16H2. The summed E-state index contributed by atoms with van der Waals surface area (Å²) in [7, 11) is 0. The van der Waals surface area contributed by atoms with Gasteiger partial charge in [-0.1, -0.05) is 31.4 Å². The molecular formula is C14H20BrNO2. The highest BCUT2D eigenvalue weighted by Crippen LogP contribution is 2.32. The fraction of sp³-hybridized carbons (Fsp3) is 0.571. The lowest BCUT2D eigenvalue weighted by molar-refractivity contribution is -0.0342. The van der Waals surface area contributed by atoms with Crippen molar-refractivity contribution in [1.29, 1.82) is 0 Å². The highest BCUT2D eigenvalue weighted by atomic mass is 79.9. The van der Waals surface area contributed by atoms with E-state index in [-0.39, 0.29) is 0 Å². The fourth-order valence-corrected chi connectivity index (χ4v) is 2.96. The van der Waals surface area contributed by atoms with Crippen LogP contribution in [-0.4, -0.2) is 17.3 Å². The van der Waals surface area contributed by atoms with Crippen LogP contribution in [0.15, 0.2) is 22.7 Å². The van der Waals surface area contributed by atoms with E-state index in [0.29, 0.717) is 13.2 Å². The van der Waals surface area contributed by atoms with E-state index in [4.69, 9.17) is 10.5 Å². The number of ether oxygens (including phenoxy) is 1. The van der Waals surface area contributed by atoms with Crippen molar-refractivity contribution in [3.8, 4) is 5.75 Å². The molecule has 1 fully saturated rings. The van der Waals surface area contributed by atoms with Crippen LogP contribution in [0.2, 0.25) is 0 Å². The first-order valence-corrected chi connectivity index (χ1v) is 7.26. The van der Waals surface area contributed by atoms with Crippen molar-refractivity contribution in [2.45, 2.75) is 44.2 Å². The lowest BCUT2D eigenvalue weighted by Crippen LogP contribution is -2.38. The highest BCUT2D eigenvalue weighted by molar-refractivity contribution is 9.10. The van der Waals surface area contributed by atoms with Gasteiger partial charge in [-0.25, -0.2) is 0 Å². The molecule has 1 aromatic carbocycles. The van der Waals surface area contributed by atoms with E-state index in [2.05, 4.69) is 15.9 Å². The van der Waals surface area contributed by atoms with Gasteiger partial charge in [-0.3, -0.25) is 0 Å². The molecule has 0 aliphatic heterocycles. The molecule has 0 aromatic heterocycles. The Kier molecular flexibility index (Phi) is 4.65. The number of halogens is 1. The van der Waals surface area contributed by atoms with E-state index in [1.165, 1.54) is 6.42 Å². The fourth-order valence-electron chi connectivity index (χ4n) is 2.44. The maximum absolute atomic E-state index is 10.4. The molecule has 0 bridgehead atoms. The van der Waals surface area contributed by atoms with E-state index in [1.807, 2.05) is 18.2 Å². The minimum Gasteiger partial charge on any atom is -0.489 e. The van der Waals surface area contributed by atoms with Gasteiger partial charge in [-0.15, -0.1) is 0 Å². The van der Waals surface area contributed by atoms with Gasteiger partial charge in [0.2, 0.25) is 0 Å². The van der Waals surface area contributed by atoms with Crippen molar-refractivity contribution >= 4 is 15.9 Å². The summed E-state index contributed by atoms with van der Waals surface area (Å²) in [5.74, 6) is 0.763. The Morgan fingerprint density at radius 1 is 1.28 bits per heavy atom. The number of benzene rings is 1. The van der Waals surface area contributed by atoms with Gasteiger partial charge in [-0.2, -0.15) is 0 Å². The number of hydrogen-bond acceptors (Lipinski definition) is 3. The van der Waals surface area contributed by atoms with Crippen LogP contribution in [0.4, 0.5) is 0 Å².